The topological polar surface area (TPSA) is 36.9 Å². The van der Waals surface area contributed by atoms with E-state index in [0.717, 1.165) is 29.4 Å². The molecule has 4 nitrogen and oxygen atoms in total. The molecule has 0 radical (unpaired) electrons. The lowest BCUT2D eigenvalue weighted by atomic mass is 9.86. The molecule has 0 spiro atoms. The Morgan fingerprint density at radius 2 is 1.27 bits per heavy atom. The van der Waals surface area contributed by atoms with E-state index in [0.29, 0.717) is 6.79 Å². The lowest BCUT2D eigenvalue weighted by Gasteiger charge is -2.19. The molecule has 0 saturated heterocycles. The highest BCUT2D eigenvalue weighted by atomic mass is 16.7. The third-order valence-corrected chi connectivity index (χ3v) is 4.88. The zero-order chi connectivity index (χ0) is 17.3. The molecule has 2 heterocycles. The summed E-state index contributed by atoms with van der Waals surface area (Å²) in [6.07, 6.45) is 0.861. The van der Waals surface area contributed by atoms with E-state index in [-0.39, 0.29) is 12.7 Å². The van der Waals surface area contributed by atoms with Crippen LogP contribution in [-0.4, -0.2) is 13.6 Å². The minimum Gasteiger partial charge on any atom is -0.454 e. The van der Waals surface area contributed by atoms with Gasteiger partial charge in [-0.05, 0) is 47.4 Å². The smallest absolute Gasteiger partial charge is 0.231 e. The number of fused-ring (bicyclic) bond motifs is 2. The highest BCUT2D eigenvalue weighted by Crippen LogP contribution is 2.39. The monoisotopic (exact) mass is 346 g/mol. The fourth-order valence-electron chi connectivity index (χ4n) is 3.55. The molecule has 0 amide bonds. The number of ether oxygens (including phenoxy) is 4. The Morgan fingerprint density at radius 1 is 0.615 bits per heavy atom. The maximum absolute atomic E-state index is 5.58. The van der Waals surface area contributed by atoms with Gasteiger partial charge < -0.3 is 18.9 Å². The van der Waals surface area contributed by atoms with Gasteiger partial charge in [0.1, 0.15) is 0 Å². The molecule has 130 valence electrons. The average Bonchev–Trinajstić information content (AvgIpc) is 3.34. The Bertz CT molecular complexity index is 936. The van der Waals surface area contributed by atoms with Crippen LogP contribution in [0.25, 0.3) is 0 Å². The van der Waals surface area contributed by atoms with Crippen molar-refractivity contribution in [3.8, 4) is 23.0 Å². The average molecular weight is 346 g/mol. The van der Waals surface area contributed by atoms with Gasteiger partial charge in [0.15, 0.2) is 23.0 Å². The molecule has 1 atom stereocenters. The molecule has 0 N–H and O–H groups in total. The van der Waals surface area contributed by atoms with Crippen LogP contribution in [0.15, 0.2) is 66.7 Å². The first-order chi connectivity index (χ1) is 12.9. The standard InChI is InChI=1S/C22H18O4/c1-2-4-16(5-3-1)18(17-7-9-20-22(12-17)26-14-24-20)10-15-6-8-19-21(11-15)25-13-23-19/h1-9,11-12,18H,10,13-14H2/t18-/m0/s1. The van der Waals surface area contributed by atoms with Gasteiger partial charge in [-0.25, -0.2) is 0 Å². The van der Waals surface area contributed by atoms with Crippen molar-refractivity contribution < 1.29 is 18.9 Å². The predicted molar refractivity (Wildman–Crippen MR) is 97.1 cm³/mol. The van der Waals surface area contributed by atoms with Crippen molar-refractivity contribution in [3.05, 3.63) is 83.4 Å². The summed E-state index contributed by atoms with van der Waals surface area (Å²) < 4.78 is 22.0. The first kappa shape index (κ1) is 15.1. The first-order valence-electron chi connectivity index (χ1n) is 8.70. The number of benzene rings is 3. The molecule has 0 aromatic heterocycles. The van der Waals surface area contributed by atoms with Crippen LogP contribution in [0.1, 0.15) is 22.6 Å². The van der Waals surface area contributed by atoms with Crippen molar-refractivity contribution >= 4 is 0 Å². The summed E-state index contributed by atoms with van der Waals surface area (Å²) in [4.78, 5) is 0. The van der Waals surface area contributed by atoms with Crippen LogP contribution in [0.5, 0.6) is 23.0 Å². The van der Waals surface area contributed by atoms with E-state index in [9.17, 15) is 0 Å². The maximum atomic E-state index is 5.58. The summed E-state index contributed by atoms with van der Waals surface area (Å²) in [7, 11) is 0. The summed E-state index contributed by atoms with van der Waals surface area (Å²) in [5, 5.41) is 0. The molecule has 0 saturated carbocycles. The van der Waals surface area contributed by atoms with Crippen molar-refractivity contribution in [2.75, 3.05) is 13.6 Å². The lowest BCUT2D eigenvalue weighted by Crippen LogP contribution is -2.05. The molecule has 0 aliphatic carbocycles. The molecule has 26 heavy (non-hydrogen) atoms. The van der Waals surface area contributed by atoms with Crippen molar-refractivity contribution in [2.24, 2.45) is 0 Å². The Balaban J connectivity index is 1.52. The van der Waals surface area contributed by atoms with Gasteiger partial charge in [-0.3, -0.25) is 0 Å². The van der Waals surface area contributed by atoms with Crippen molar-refractivity contribution in [2.45, 2.75) is 12.3 Å². The van der Waals surface area contributed by atoms with E-state index in [1.807, 2.05) is 18.2 Å². The van der Waals surface area contributed by atoms with Gasteiger partial charge in [0.25, 0.3) is 0 Å². The van der Waals surface area contributed by atoms with Crippen molar-refractivity contribution in [3.63, 3.8) is 0 Å². The normalized spacial score (nSPS) is 15.1. The van der Waals surface area contributed by atoms with Gasteiger partial charge in [-0.1, -0.05) is 42.5 Å². The van der Waals surface area contributed by atoms with Gasteiger partial charge in [0.05, 0.1) is 0 Å². The lowest BCUT2D eigenvalue weighted by molar-refractivity contribution is 0.173. The largest absolute Gasteiger partial charge is 0.454 e. The van der Waals surface area contributed by atoms with Crippen LogP contribution >= 0.6 is 0 Å². The van der Waals surface area contributed by atoms with Gasteiger partial charge in [-0.15, -0.1) is 0 Å². The first-order valence-corrected chi connectivity index (χ1v) is 8.70. The predicted octanol–water partition coefficient (Wildman–Crippen LogP) is 4.52. The fraction of sp³-hybridized carbons (Fsp3) is 0.182. The highest BCUT2D eigenvalue weighted by Gasteiger charge is 2.21. The van der Waals surface area contributed by atoms with E-state index < -0.39 is 0 Å². The molecule has 3 aromatic rings. The van der Waals surface area contributed by atoms with Gasteiger partial charge >= 0.3 is 0 Å². The van der Waals surface area contributed by atoms with Crippen molar-refractivity contribution in [1.29, 1.82) is 0 Å². The van der Waals surface area contributed by atoms with E-state index in [1.165, 1.54) is 16.7 Å². The SMILES string of the molecule is c1ccc([C@H](Cc2ccc3c(c2)OCO3)c2ccc3c(c2)OCO3)cc1. The summed E-state index contributed by atoms with van der Waals surface area (Å²) in [6, 6.07) is 22.9. The molecular formula is C22H18O4. The zero-order valence-corrected chi connectivity index (χ0v) is 14.2. The summed E-state index contributed by atoms with van der Waals surface area (Å²) in [6.45, 7) is 0.583. The molecule has 4 heteroatoms. The van der Waals surface area contributed by atoms with E-state index in [1.54, 1.807) is 0 Å². The van der Waals surface area contributed by atoms with Crippen molar-refractivity contribution in [1.82, 2.24) is 0 Å². The molecule has 2 aliphatic rings. The molecule has 0 bridgehead atoms. The van der Waals surface area contributed by atoms with Crippen LogP contribution in [0.2, 0.25) is 0 Å². The molecule has 0 fully saturated rings. The van der Waals surface area contributed by atoms with E-state index in [4.69, 9.17) is 18.9 Å². The summed E-state index contributed by atoms with van der Waals surface area (Å²) in [5.74, 6) is 3.47. The maximum Gasteiger partial charge on any atom is 0.231 e. The van der Waals surface area contributed by atoms with Gasteiger partial charge in [0, 0.05) is 5.92 Å². The van der Waals surface area contributed by atoms with Gasteiger partial charge in [-0.2, -0.15) is 0 Å². The number of rotatable bonds is 4. The molecule has 0 unspecified atom stereocenters. The Labute approximate surface area is 151 Å². The zero-order valence-electron chi connectivity index (χ0n) is 14.2. The van der Waals surface area contributed by atoms with E-state index in [2.05, 4.69) is 48.5 Å². The number of hydrogen-bond donors (Lipinski definition) is 0. The van der Waals surface area contributed by atoms with Crippen LogP contribution in [0.4, 0.5) is 0 Å². The number of hydrogen-bond acceptors (Lipinski definition) is 4. The van der Waals surface area contributed by atoms with E-state index >= 15 is 0 Å². The molecule has 5 rings (SSSR count). The van der Waals surface area contributed by atoms with Crippen LogP contribution in [0, 0.1) is 0 Å². The second-order valence-corrected chi connectivity index (χ2v) is 6.47. The second-order valence-electron chi connectivity index (χ2n) is 6.47. The third-order valence-electron chi connectivity index (χ3n) is 4.88. The minimum absolute atomic E-state index is 0.214. The molecule has 3 aromatic carbocycles. The Kier molecular flexibility index (Phi) is 3.67. The quantitative estimate of drug-likeness (QED) is 0.696. The fourth-order valence-corrected chi connectivity index (χ4v) is 3.55. The van der Waals surface area contributed by atoms with Gasteiger partial charge in [0.2, 0.25) is 13.6 Å². The summed E-state index contributed by atoms with van der Waals surface area (Å²) >= 11 is 0. The second kappa shape index (κ2) is 6.30. The van der Waals surface area contributed by atoms with Crippen LogP contribution < -0.4 is 18.9 Å². The Hall–Kier alpha value is -3.14. The molecular weight excluding hydrogens is 328 g/mol. The van der Waals surface area contributed by atoms with Crippen LogP contribution in [-0.2, 0) is 6.42 Å². The highest BCUT2D eigenvalue weighted by molar-refractivity contribution is 5.49. The minimum atomic E-state index is 0.214. The van der Waals surface area contributed by atoms with Crippen LogP contribution in [0.3, 0.4) is 0 Å². The Morgan fingerprint density at radius 3 is 2.04 bits per heavy atom. The third kappa shape index (κ3) is 2.73. The summed E-state index contributed by atoms with van der Waals surface area (Å²) in [5.41, 5.74) is 3.68. The molecule has 2 aliphatic heterocycles.